The molecule has 6 saturated carbocycles. The van der Waals surface area contributed by atoms with Crippen LogP contribution in [0.3, 0.4) is 0 Å². The number of ether oxygens (including phenoxy) is 2. The highest BCUT2D eigenvalue weighted by atomic mass is 16.6. The van der Waals surface area contributed by atoms with Gasteiger partial charge in [-0.3, -0.25) is 4.79 Å². The van der Waals surface area contributed by atoms with Crippen molar-refractivity contribution >= 4 is 11.9 Å². The molecule has 0 aromatic rings. The predicted molar refractivity (Wildman–Crippen MR) is 128 cm³/mol. The summed E-state index contributed by atoms with van der Waals surface area (Å²) >= 11 is 0. The van der Waals surface area contributed by atoms with Crippen molar-refractivity contribution in [2.75, 3.05) is 0 Å². The SMILES string of the molecule is C=C(C)C(=O)OC(C)CC(C)C(=O)OC1(C2CC3CC2CC3C)C2CC3CC1CC(C)(C3)C2. The summed E-state index contributed by atoms with van der Waals surface area (Å²) in [6, 6.07) is 0. The lowest BCUT2D eigenvalue weighted by atomic mass is 9.42. The third-order valence-corrected chi connectivity index (χ3v) is 10.6. The minimum absolute atomic E-state index is 0.0679. The zero-order chi connectivity index (χ0) is 23.7. The van der Waals surface area contributed by atoms with Crippen LogP contribution in [0.2, 0.25) is 0 Å². The molecule has 33 heavy (non-hydrogen) atoms. The molecule has 4 heteroatoms. The molecule has 8 atom stereocenters. The maximum absolute atomic E-state index is 13.6. The van der Waals surface area contributed by atoms with E-state index in [0.717, 1.165) is 23.7 Å². The quantitative estimate of drug-likeness (QED) is 0.332. The van der Waals surface area contributed by atoms with E-state index in [1.807, 2.05) is 13.8 Å². The fourth-order valence-corrected chi connectivity index (χ4v) is 9.56. The number of hydrogen-bond acceptors (Lipinski definition) is 4. The number of fused-ring (bicyclic) bond motifs is 2. The number of esters is 2. The fraction of sp³-hybridized carbons (Fsp3) is 0.862. The molecule has 6 rings (SSSR count). The summed E-state index contributed by atoms with van der Waals surface area (Å²) in [4.78, 5) is 25.5. The van der Waals surface area contributed by atoms with Gasteiger partial charge in [-0.2, -0.15) is 0 Å². The van der Waals surface area contributed by atoms with Crippen LogP contribution in [-0.4, -0.2) is 23.6 Å². The van der Waals surface area contributed by atoms with Gasteiger partial charge in [0.1, 0.15) is 11.7 Å². The molecule has 6 bridgehead atoms. The van der Waals surface area contributed by atoms with Crippen molar-refractivity contribution in [2.45, 2.75) is 104 Å². The van der Waals surface area contributed by atoms with Crippen molar-refractivity contribution in [3.8, 4) is 0 Å². The first-order valence-electron chi connectivity index (χ1n) is 13.6. The van der Waals surface area contributed by atoms with Crippen molar-refractivity contribution in [3.63, 3.8) is 0 Å². The highest BCUT2D eigenvalue weighted by Gasteiger charge is 2.68. The van der Waals surface area contributed by atoms with Gasteiger partial charge in [-0.1, -0.05) is 27.4 Å². The van der Waals surface area contributed by atoms with Gasteiger partial charge in [0.25, 0.3) is 0 Å². The van der Waals surface area contributed by atoms with Crippen LogP contribution in [0.1, 0.15) is 92.4 Å². The molecule has 0 aliphatic heterocycles. The van der Waals surface area contributed by atoms with Crippen LogP contribution >= 0.6 is 0 Å². The van der Waals surface area contributed by atoms with Gasteiger partial charge in [0.15, 0.2) is 0 Å². The van der Waals surface area contributed by atoms with E-state index in [2.05, 4.69) is 20.4 Å². The second-order valence-corrected chi connectivity index (χ2v) is 13.4. The topological polar surface area (TPSA) is 52.6 Å². The smallest absolute Gasteiger partial charge is 0.333 e. The Hall–Kier alpha value is -1.32. The van der Waals surface area contributed by atoms with Gasteiger partial charge in [-0.15, -0.1) is 0 Å². The summed E-state index contributed by atoms with van der Waals surface area (Å²) < 4.78 is 12.3. The maximum atomic E-state index is 13.6. The zero-order valence-corrected chi connectivity index (χ0v) is 21.4. The summed E-state index contributed by atoms with van der Waals surface area (Å²) in [6.07, 6.45) is 10.4. The highest BCUT2D eigenvalue weighted by molar-refractivity contribution is 5.87. The van der Waals surface area contributed by atoms with Crippen LogP contribution in [0.4, 0.5) is 0 Å². The van der Waals surface area contributed by atoms with E-state index in [1.165, 1.54) is 51.4 Å². The summed E-state index contributed by atoms with van der Waals surface area (Å²) in [5.41, 5.74) is 0.594. The van der Waals surface area contributed by atoms with Gasteiger partial charge in [-0.05, 0) is 101 Å². The summed E-state index contributed by atoms with van der Waals surface area (Å²) in [7, 11) is 0. The van der Waals surface area contributed by atoms with Crippen LogP contribution in [0.15, 0.2) is 12.2 Å². The second kappa shape index (κ2) is 8.12. The maximum Gasteiger partial charge on any atom is 0.333 e. The van der Waals surface area contributed by atoms with Crippen molar-refractivity contribution in [1.29, 1.82) is 0 Å². The van der Waals surface area contributed by atoms with Crippen LogP contribution in [0.25, 0.3) is 0 Å². The molecule has 184 valence electrons. The molecule has 0 aromatic carbocycles. The number of carbonyl (C=O) groups is 2. The highest BCUT2D eigenvalue weighted by Crippen LogP contribution is 2.70. The lowest BCUT2D eigenvalue weighted by Crippen LogP contribution is -2.66. The van der Waals surface area contributed by atoms with Gasteiger partial charge < -0.3 is 9.47 Å². The summed E-state index contributed by atoms with van der Waals surface area (Å²) in [6.45, 7) is 14.0. The first kappa shape index (κ1) is 23.4. The number of hydrogen-bond donors (Lipinski definition) is 0. The van der Waals surface area contributed by atoms with Crippen LogP contribution in [0.5, 0.6) is 0 Å². The molecule has 8 unspecified atom stereocenters. The lowest BCUT2D eigenvalue weighted by molar-refractivity contribution is -0.251. The summed E-state index contributed by atoms with van der Waals surface area (Å²) in [5.74, 6) is 4.09. The van der Waals surface area contributed by atoms with Gasteiger partial charge in [0, 0.05) is 23.3 Å². The van der Waals surface area contributed by atoms with Gasteiger partial charge in [0.05, 0.1) is 5.92 Å². The average Bonchev–Trinajstić information content (AvgIpc) is 3.29. The molecule has 6 fully saturated rings. The Balaban J connectivity index is 1.36. The molecule has 6 aliphatic rings. The Morgan fingerprint density at radius 2 is 1.67 bits per heavy atom. The van der Waals surface area contributed by atoms with Gasteiger partial charge in [-0.25, -0.2) is 4.79 Å². The average molecular weight is 457 g/mol. The Kier molecular flexibility index (Phi) is 5.77. The molecular formula is C29H44O4. The molecule has 0 aromatic heterocycles. The molecule has 0 saturated heterocycles. The Morgan fingerprint density at radius 1 is 1.00 bits per heavy atom. The van der Waals surface area contributed by atoms with Crippen LogP contribution in [0, 0.1) is 52.8 Å². The standard InChI is InChI=1S/C29H44O4/c1-16(2)26(30)32-19(5)7-18(4)27(31)33-29(25-12-21-11-22(25)8-17(21)3)23-9-20-10-24(29)15-28(6,13-20)14-23/h17-25H,1,7-15H2,2-6H3. The van der Waals surface area contributed by atoms with Gasteiger partial charge >= 0.3 is 11.9 Å². The molecule has 6 aliphatic carbocycles. The van der Waals surface area contributed by atoms with E-state index in [9.17, 15) is 9.59 Å². The van der Waals surface area contributed by atoms with Crippen LogP contribution in [-0.2, 0) is 19.1 Å². The van der Waals surface area contributed by atoms with Crippen molar-refractivity contribution in [2.24, 2.45) is 52.8 Å². The van der Waals surface area contributed by atoms with Gasteiger partial charge in [0.2, 0.25) is 0 Å². The van der Waals surface area contributed by atoms with E-state index >= 15 is 0 Å². The molecule has 0 N–H and O–H groups in total. The van der Waals surface area contributed by atoms with Crippen molar-refractivity contribution in [1.82, 2.24) is 0 Å². The molecule has 0 amide bonds. The Bertz CT molecular complexity index is 811. The Labute approximate surface area is 200 Å². The fourth-order valence-electron chi connectivity index (χ4n) is 9.56. The summed E-state index contributed by atoms with van der Waals surface area (Å²) in [5, 5.41) is 0. The van der Waals surface area contributed by atoms with E-state index in [0.29, 0.717) is 35.2 Å². The van der Waals surface area contributed by atoms with Crippen molar-refractivity contribution < 1.29 is 19.1 Å². The molecule has 0 radical (unpaired) electrons. The first-order chi connectivity index (χ1) is 15.5. The zero-order valence-electron chi connectivity index (χ0n) is 21.4. The minimum Gasteiger partial charge on any atom is -0.459 e. The molecule has 4 nitrogen and oxygen atoms in total. The largest absolute Gasteiger partial charge is 0.459 e. The van der Waals surface area contributed by atoms with E-state index < -0.39 is 0 Å². The van der Waals surface area contributed by atoms with Crippen molar-refractivity contribution in [3.05, 3.63) is 12.2 Å². The normalized spacial score (nSPS) is 46.8. The third-order valence-electron chi connectivity index (χ3n) is 10.6. The predicted octanol–water partition coefficient (Wildman–Crippen LogP) is 6.33. The molecule has 0 spiro atoms. The monoisotopic (exact) mass is 456 g/mol. The first-order valence-corrected chi connectivity index (χ1v) is 13.6. The minimum atomic E-state index is -0.384. The second-order valence-electron chi connectivity index (χ2n) is 13.4. The lowest BCUT2D eigenvalue weighted by Gasteiger charge is -2.66. The third kappa shape index (κ3) is 3.88. The molecular weight excluding hydrogens is 412 g/mol. The van der Waals surface area contributed by atoms with E-state index in [1.54, 1.807) is 6.92 Å². The Morgan fingerprint density at radius 3 is 2.18 bits per heavy atom. The number of rotatable bonds is 7. The van der Waals surface area contributed by atoms with Crippen LogP contribution < -0.4 is 0 Å². The van der Waals surface area contributed by atoms with E-state index in [-0.39, 0.29) is 29.6 Å². The number of carbonyl (C=O) groups excluding carboxylic acids is 2. The molecule has 0 heterocycles. The van der Waals surface area contributed by atoms with E-state index in [4.69, 9.17) is 9.47 Å².